The Morgan fingerprint density at radius 3 is 2.95 bits per heavy atom. The third-order valence-electron chi connectivity index (χ3n) is 3.38. The first kappa shape index (κ1) is 13.8. The number of pyridine rings is 1. The van der Waals surface area contributed by atoms with E-state index in [0.717, 1.165) is 25.3 Å². The number of carbonyl (C=O) groups is 1. The molecule has 0 unspecified atom stereocenters. The Kier molecular flexibility index (Phi) is 4.74. The summed E-state index contributed by atoms with van der Waals surface area (Å²) in [6.07, 6.45) is 5.29. The Hall–Kier alpha value is -1.62. The molecule has 0 bridgehead atoms. The maximum absolute atomic E-state index is 11.7. The van der Waals surface area contributed by atoms with Crippen molar-refractivity contribution in [1.29, 1.82) is 0 Å². The van der Waals surface area contributed by atoms with E-state index in [0.29, 0.717) is 11.6 Å². The van der Waals surface area contributed by atoms with Gasteiger partial charge < -0.3 is 15.5 Å². The second kappa shape index (κ2) is 6.52. The van der Waals surface area contributed by atoms with E-state index in [1.54, 1.807) is 25.2 Å². The van der Waals surface area contributed by atoms with Crippen molar-refractivity contribution >= 4 is 11.7 Å². The first-order valence-corrected chi connectivity index (χ1v) is 6.82. The summed E-state index contributed by atoms with van der Waals surface area (Å²) in [6, 6.07) is 4.31. The Balaban J connectivity index is 1.79. The van der Waals surface area contributed by atoms with Gasteiger partial charge in [-0.15, -0.1) is 0 Å². The van der Waals surface area contributed by atoms with Crippen LogP contribution in [-0.2, 0) is 0 Å². The molecule has 1 atom stereocenters. The molecule has 1 amide bonds. The molecule has 2 heterocycles. The summed E-state index contributed by atoms with van der Waals surface area (Å²) in [7, 11) is 3.48. The number of hydrogen-bond acceptors (Lipinski definition) is 4. The van der Waals surface area contributed by atoms with Gasteiger partial charge in [0.05, 0.1) is 5.56 Å². The first-order chi connectivity index (χ1) is 9.16. The molecule has 0 radical (unpaired) electrons. The molecule has 1 aliphatic heterocycles. The monoisotopic (exact) mass is 262 g/mol. The highest BCUT2D eigenvalue weighted by molar-refractivity contribution is 5.93. The maximum Gasteiger partial charge on any atom is 0.254 e. The molecule has 1 fully saturated rings. The molecule has 1 aromatic heterocycles. The van der Waals surface area contributed by atoms with Gasteiger partial charge in [-0.05, 0) is 37.9 Å². The molecule has 1 saturated heterocycles. The third-order valence-corrected chi connectivity index (χ3v) is 3.38. The summed E-state index contributed by atoms with van der Waals surface area (Å²) in [5, 5.41) is 6.76. The van der Waals surface area contributed by atoms with Crippen LogP contribution in [0.15, 0.2) is 18.3 Å². The van der Waals surface area contributed by atoms with Gasteiger partial charge in [-0.1, -0.05) is 0 Å². The molecule has 2 N–H and O–H groups in total. The Labute approximate surface area is 114 Å². The van der Waals surface area contributed by atoms with Gasteiger partial charge in [-0.2, -0.15) is 0 Å². The lowest BCUT2D eigenvalue weighted by atomic mass is 10.1. The molecule has 2 rings (SSSR count). The van der Waals surface area contributed by atoms with Crippen LogP contribution in [0.4, 0.5) is 5.82 Å². The number of hydrogen-bond donors (Lipinski definition) is 2. The van der Waals surface area contributed by atoms with E-state index < -0.39 is 0 Å². The number of aromatic nitrogens is 1. The lowest BCUT2D eigenvalue weighted by molar-refractivity contribution is 0.0827. The molecule has 0 aliphatic carbocycles. The van der Waals surface area contributed by atoms with E-state index in [1.807, 2.05) is 12.1 Å². The molecule has 1 aromatic rings. The number of anilines is 1. The Bertz CT molecular complexity index is 410. The zero-order valence-corrected chi connectivity index (χ0v) is 11.6. The molecule has 104 valence electrons. The smallest absolute Gasteiger partial charge is 0.254 e. The normalized spacial score (nSPS) is 18.3. The molecule has 0 aromatic carbocycles. The predicted molar refractivity (Wildman–Crippen MR) is 76.4 cm³/mol. The van der Waals surface area contributed by atoms with E-state index in [2.05, 4.69) is 15.6 Å². The van der Waals surface area contributed by atoms with Crippen LogP contribution >= 0.6 is 0 Å². The Morgan fingerprint density at radius 2 is 2.37 bits per heavy atom. The van der Waals surface area contributed by atoms with Crippen LogP contribution in [0.2, 0.25) is 0 Å². The average Bonchev–Trinajstić information content (AvgIpc) is 2.92. The lowest BCUT2D eigenvalue weighted by Gasteiger charge is -2.12. The number of rotatable bonds is 5. The zero-order valence-electron chi connectivity index (χ0n) is 11.6. The van der Waals surface area contributed by atoms with E-state index in [-0.39, 0.29) is 5.91 Å². The zero-order chi connectivity index (χ0) is 13.7. The molecule has 19 heavy (non-hydrogen) atoms. The van der Waals surface area contributed by atoms with E-state index in [9.17, 15) is 4.79 Å². The lowest BCUT2D eigenvalue weighted by Crippen LogP contribution is -2.24. The molecule has 5 nitrogen and oxygen atoms in total. The number of nitrogens with one attached hydrogen (secondary N) is 2. The van der Waals surface area contributed by atoms with Crippen LogP contribution in [0, 0.1) is 0 Å². The summed E-state index contributed by atoms with van der Waals surface area (Å²) in [5.41, 5.74) is 0.619. The van der Waals surface area contributed by atoms with Crippen LogP contribution in [-0.4, -0.2) is 49.0 Å². The van der Waals surface area contributed by atoms with Crippen molar-refractivity contribution in [2.75, 3.05) is 32.5 Å². The van der Waals surface area contributed by atoms with Gasteiger partial charge in [0.2, 0.25) is 0 Å². The van der Waals surface area contributed by atoms with Gasteiger partial charge in [0.15, 0.2) is 0 Å². The third kappa shape index (κ3) is 3.92. The highest BCUT2D eigenvalue weighted by Gasteiger charge is 2.13. The topological polar surface area (TPSA) is 57.3 Å². The van der Waals surface area contributed by atoms with Crippen LogP contribution in [0.5, 0.6) is 0 Å². The molecule has 0 spiro atoms. The second-order valence-corrected chi connectivity index (χ2v) is 5.14. The minimum absolute atomic E-state index is 0.0193. The molecular formula is C14H22N4O. The van der Waals surface area contributed by atoms with Gasteiger partial charge in [-0.3, -0.25) is 4.79 Å². The van der Waals surface area contributed by atoms with Crippen molar-refractivity contribution in [3.8, 4) is 0 Å². The molecular weight excluding hydrogens is 240 g/mol. The summed E-state index contributed by atoms with van der Waals surface area (Å²) in [4.78, 5) is 17.5. The first-order valence-electron chi connectivity index (χ1n) is 6.82. The van der Waals surface area contributed by atoms with Crippen LogP contribution < -0.4 is 10.6 Å². The molecule has 0 saturated carbocycles. The largest absolute Gasteiger partial charge is 0.370 e. The van der Waals surface area contributed by atoms with Crippen LogP contribution in [0.3, 0.4) is 0 Å². The highest BCUT2D eigenvalue weighted by atomic mass is 16.2. The highest BCUT2D eigenvalue weighted by Crippen LogP contribution is 2.10. The molecule has 1 aliphatic rings. The summed E-state index contributed by atoms with van der Waals surface area (Å²) >= 11 is 0. The molecule has 5 heteroatoms. The van der Waals surface area contributed by atoms with Crippen LogP contribution in [0.25, 0.3) is 0 Å². The minimum atomic E-state index is -0.0193. The van der Waals surface area contributed by atoms with Crippen molar-refractivity contribution in [1.82, 2.24) is 15.2 Å². The van der Waals surface area contributed by atoms with Gasteiger partial charge in [-0.25, -0.2) is 4.98 Å². The Morgan fingerprint density at radius 1 is 1.53 bits per heavy atom. The fourth-order valence-electron chi connectivity index (χ4n) is 2.26. The summed E-state index contributed by atoms with van der Waals surface area (Å²) < 4.78 is 0. The van der Waals surface area contributed by atoms with Crippen molar-refractivity contribution in [2.24, 2.45) is 0 Å². The van der Waals surface area contributed by atoms with Crippen molar-refractivity contribution < 1.29 is 4.79 Å². The van der Waals surface area contributed by atoms with Gasteiger partial charge in [0.25, 0.3) is 5.91 Å². The second-order valence-electron chi connectivity index (χ2n) is 5.14. The van der Waals surface area contributed by atoms with Gasteiger partial charge >= 0.3 is 0 Å². The van der Waals surface area contributed by atoms with Gasteiger partial charge in [0.1, 0.15) is 5.82 Å². The van der Waals surface area contributed by atoms with Crippen molar-refractivity contribution in [2.45, 2.75) is 25.3 Å². The van der Waals surface area contributed by atoms with Crippen LogP contribution in [0.1, 0.15) is 29.6 Å². The van der Waals surface area contributed by atoms with E-state index >= 15 is 0 Å². The summed E-state index contributed by atoms with van der Waals surface area (Å²) in [6.45, 7) is 2.05. The number of amides is 1. The average molecular weight is 262 g/mol. The van der Waals surface area contributed by atoms with Gasteiger partial charge in [0, 0.05) is 32.9 Å². The van der Waals surface area contributed by atoms with Crippen molar-refractivity contribution in [3.05, 3.63) is 23.9 Å². The fourth-order valence-corrected chi connectivity index (χ4v) is 2.26. The SMILES string of the molecule is CN(C)C(=O)c1ccc(NCC[C@@H]2CCCN2)nc1. The minimum Gasteiger partial charge on any atom is -0.370 e. The quantitative estimate of drug-likeness (QED) is 0.840. The number of carbonyl (C=O) groups excluding carboxylic acids is 1. The standard InChI is InChI=1S/C14H22N4O/c1-18(2)14(19)11-5-6-13(17-10-11)16-9-7-12-4-3-8-15-12/h5-6,10,12,15H,3-4,7-9H2,1-2H3,(H,16,17)/t12-/m0/s1. The van der Waals surface area contributed by atoms with E-state index in [4.69, 9.17) is 0 Å². The van der Waals surface area contributed by atoms with E-state index in [1.165, 1.54) is 12.8 Å². The predicted octanol–water partition coefficient (Wildman–Crippen LogP) is 1.34. The number of nitrogens with zero attached hydrogens (tertiary/aromatic N) is 2. The maximum atomic E-state index is 11.7. The van der Waals surface area contributed by atoms with Crippen molar-refractivity contribution in [3.63, 3.8) is 0 Å². The fraction of sp³-hybridized carbons (Fsp3) is 0.571. The summed E-state index contributed by atoms with van der Waals surface area (Å²) in [5.74, 6) is 0.808.